The molecule has 0 saturated carbocycles. The molecule has 11 nitrogen and oxygen atoms in total. The lowest BCUT2D eigenvalue weighted by molar-refractivity contribution is -0.137. The number of amides is 2. The van der Waals surface area contributed by atoms with E-state index in [0.29, 0.717) is 35.8 Å². The van der Waals surface area contributed by atoms with Crippen LogP contribution in [0.1, 0.15) is 22.5 Å². The molecule has 0 bridgehead atoms. The number of primary amides is 1. The Morgan fingerprint density at radius 2 is 1.76 bits per heavy atom. The van der Waals surface area contributed by atoms with E-state index in [-0.39, 0.29) is 34.6 Å². The number of hydrogen-bond acceptors (Lipinski definition) is 9. The molecule has 1 fully saturated rings. The molecule has 216 valence electrons. The molecule has 42 heavy (non-hydrogen) atoms. The van der Waals surface area contributed by atoms with Crippen LogP contribution in [-0.4, -0.2) is 58.4 Å². The molecule has 0 radical (unpaired) electrons. The van der Waals surface area contributed by atoms with Gasteiger partial charge in [0.2, 0.25) is 11.9 Å². The first-order valence-corrected chi connectivity index (χ1v) is 12.7. The Balaban J connectivity index is 1.44. The van der Waals surface area contributed by atoms with Crippen molar-refractivity contribution in [3.8, 4) is 34.0 Å². The minimum atomic E-state index is -4.56. The van der Waals surface area contributed by atoms with Crippen molar-refractivity contribution in [2.45, 2.75) is 18.6 Å². The summed E-state index contributed by atoms with van der Waals surface area (Å²) in [6.07, 6.45) is -1.16. The van der Waals surface area contributed by atoms with Crippen LogP contribution < -0.4 is 26.0 Å². The molecule has 3 heterocycles. The number of carbonyl (C=O) groups excluding carboxylic acids is 2. The van der Waals surface area contributed by atoms with Gasteiger partial charge in [0.05, 0.1) is 5.56 Å². The van der Waals surface area contributed by atoms with Gasteiger partial charge < -0.3 is 26.0 Å². The van der Waals surface area contributed by atoms with Gasteiger partial charge in [-0.1, -0.05) is 0 Å². The number of carbonyl (C=O) groups is 2. The predicted octanol–water partition coefficient (Wildman–Crippen LogP) is 3.88. The van der Waals surface area contributed by atoms with E-state index in [0.717, 1.165) is 12.1 Å². The molecular weight excluding hydrogens is 553 g/mol. The van der Waals surface area contributed by atoms with Gasteiger partial charge in [-0.25, -0.2) is 19.9 Å². The van der Waals surface area contributed by atoms with Crippen LogP contribution in [0, 0.1) is 0 Å². The zero-order valence-corrected chi connectivity index (χ0v) is 22.4. The minimum Gasteiger partial charge on any atom is -0.457 e. The summed E-state index contributed by atoms with van der Waals surface area (Å²) in [7, 11) is 3.50. The summed E-state index contributed by atoms with van der Waals surface area (Å²) < 4.78 is 46.5. The summed E-state index contributed by atoms with van der Waals surface area (Å²) in [6.45, 7) is 0.521. The lowest BCUT2D eigenvalue weighted by atomic mass is 10.0. The number of benzene rings is 2. The van der Waals surface area contributed by atoms with Crippen LogP contribution in [0.25, 0.3) is 22.5 Å². The molecule has 4 aromatic rings. The fourth-order valence-corrected chi connectivity index (χ4v) is 4.20. The van der Waals surface area contributed by atoms with Gasteiger partial charge in [-0.05, 0) is 48.9 Å². The maximum absolute atomic E-state index is 13.5. The molecule has 2 aromatic carbocycles. The quantitative estimate of drug-likeness (QED) is 0.283. The van der Waals surface area contributed by atoms with Crippen molar-refractivity contribution < 1.29 is 27.5 Å². The van der Waals surface area contributed by atoms with E-state index in [9.17, 15) is 22.8 Å². The molecule has 1 atom stereocenters. The summed E-state index contributed by atoms with van der Waals surface area (Å²) in [5.74, 6) is 0.356. The number of alkyl halides is 3. The molecule has 2 aromatic heterocycles. The van der Waals surface area contributed by atoms with E-state index in [4.69, 9.17) is 10.5 Å². The molecule has 0 aliphatic carbocycles. The van der Waals surface area contributed by atoms with Crippen LogP contribution in [0.3, 0.4) is 0 Å². The van der Waals surface area contributed by atoms with Crippen LogP contribution in [0.4, 0.5) is 24.9 Å². The Morgan fingerprint density at radius 3 is 2.36 bits per heavy atom. The van der Waals surface area contributed by atoms with Crippen molar-refractivity contribution in [2.75, 3.05) is 30.9 Å². The number of nitrogens with zero attached hydrogens (tertiary/aromatic N) is 5. The van der Waals surface area contributed by atoms with Crippen LogP contribution >= 0.6 is 0 Å². The first kappa shape index (κ1) is 28.3. The van der Waals surface area contributed by atoms with Crippen LogP contribution in [-0.2, 0) is 11.0 Å². The Bertz CT molecular complexity index is 1630. The highest BCUT2D eigenvalue weighted by Crippen LogP contribution is 2.39. The lowest BCUT2D eigenvalue weighted by Crippen LogP contribution is -2.30. The number of rotatable bonds is 8. The molecule has 1 saturated heterocycles. The Morgan fingerprint density at radius 1 is 1.05 bits per heavy atom. The number of nitrogens with two attached hydrogens (primary N) is 1. The van der Waals surface area contributed by atoms with Crippen LogP contribution in [0.2, 0.25) is 0 Å². The molecule has 5 rings (SSSR count). The fourth-order valence-electron chi connectivity index (χ4n) is 4.20. The van der Waals surface area contributed by atoms with Gasteiger partial charge in [0.15, 0.2) is 5.82 Å². The second kappa shape index (κ2) is 11.3. The third-order valence-electron chi connectivity index (χ3n) is 6.35. The maximum Gasteiger partial charge on any atom is 0.416 e. The van der Waals surface area contributed by atoms with Crippen molar-refractivity contribution in [2.24, 2.45) is 5.73 Å². The number of aromatic nitrogens is 4. The van der Waals surface area contributed by atoms with E-state index in [1.807, 2.05) is 0 Å². The molecule has 1 aliphatic heterocycles. The van der Waals surface area contributed by atoms with Crippen LogP contribution in [0.15, 0.2) is 60.9 Å². The summed E-state index contributed by atoms with van der Waals surface area (Å²) in [6, 6.07) is 10.4. The fraction of sp³-hybridized carbons (Fsp3) is 0.214. The summed E-state index contributed by atoms with van der Waals surface area (Å²) >= 11 is 0. The monoisotopic (exact) mass is 578 g/mol. The normalized spacial score (nSPS) is 14.8. The van der Waals surface area contributed by atoms with Crippen molar-refractivity contribution in [3.63, 3.8) is 0 Å². The van der Waals surface area contributed by atoms with E-state index in [1.54, 1.807) is 43.3 Å². The highest BCUT2D eigenvalue weighted by atomic mass is 19.4. The maximum atomic E-state index is 13.5. The standard InChI is InChI=1S/C28H25F3N8O3/c1-39(2)27-34-13-16(14-35-27)19-11-17(28(29,30)31)5-8-22(19)42-18-6-3-15(4-7-18)25-37-21(24(32)40)12-23(38-25)36-20-9-10-33-26(20)41/h3-8,11-14,20H,9-10H2,1-2H3,(H2,32,40)(H,33,41)(H,36,37,38)/t20-/m0/s1. The Labute approximate surface area is 238 Å². The van der Waals surface area contributed by atoms with Gasteiger partial charge in [-0.3, -0.25) is 9.59 Å². The Hall–Kier alpha value is -5.27. The van der Waals surface area contributed by atoms with Crippen molar-refractivity contribution in [3.05, 3.63) is 72.2 Å². The smallest absolute Gasteiger partial charge is 0.416 e. The number of hydrogen-bond donors (Lipinski definition) is 3. The zero-order chi connectivity index (χ0) is 30.0. The molecule has 1 aliphatic rings. The van der Waals surface area contributed by atoms with Crippen molar-refractivity contribution in [1.29, 1.82) is 0 Å². The van der Waals surface area contributed by atoms with Gasteiger partial charge in [-0.15, -0.1) is 0 Å². The highest BCUT2D eigenvalue weighted by molar-refractivity contribution is 5.92. The van der Waals surface area contributed by atoms with E-state index in [2.05, 4.69) is 30.6 Å². The Kier molecular flexibility index (Phi) is 7.61. The minimum absolute atomic E-state index is 0.0434. The predicted molar refractivity (Wildman–Crippen MR) is 148 cm³/mol. The average Bonchev–Trinajstić information content (AvgIpc) is 3.36. The second-order valence-corrected chi connectivity index (χ2v) is 9.60. The van der Waals surface area contributed by atoms with Crippen molar-refractivity contribution >= 4 is 23.6 Å². The first-order chi connectivity index (χ1) is 20.0. The highest BCUT2D eigenvalue weighted by Gasteiger charge is 2.31. The number of ether oxygens (including phenoxy) is 1. The topological polar surface area (TPSA) is 148 Å². The van der Waals surface area contributed by atoms with Gasteiger partial charge in [0.25, 0.3) is 5.91 Å². The van der Waals surface area contributed by atoms with Crippen LogP contribution in [0.5, 0.6) is 11.5 Å². The number of nitrogens with one attached hydrogen (secondary N) is 2. The average molecular weight is 579 g/mol. The number of anilines is 2. The third kappa shape index (κ3) is 6.22. The van der Waals surface area contributed by atoms with Gasteiger partial charge >= 0.3 is 6.18 Å². The van der Waals surface area contributed by atoms with E-state index in [1.165, 1.54) is 24.5 Å². The van der Waals surface area contributed by atoms with Gasteiger partial charge in [0, 0.05) is 55.8 Å². The molecular formula is C28H25F3N8O3. The molecule has 2 amide bonds. The molecule has 0 spiro atoms. The summed E-state index contributed by atoms with van der Waals surface area (Å²) in [5.41, 5.74) is 5.57. The van der Waals surface area contributed by atoms with Gasteiger partial charge in [0.1, 0.15) is 29.1 Å². The zero-order valence-electron chi connectivity index (χ0n) is 22.4. The lowest BCUT2D eigenvalue weighted by Gasteiger charge is -2.16. The number of halogens is 3. The van der Waals surface area contributed by atoms with Gasteiger partial charge in [-0.2, -0.15) is 13.2 Å². The second-order valence-electron chi connectivity index (χ2n) is 9.60. The molecule has 0 unspecified atom stereocenters. The van der Waals surface area contributed by atoms with E-state index >= 15 is 0 Å². The largest absolute Gasteiger partial charge is 0.457 e. The molecule has 14 heteroatoms. The van der Waals surface area contributed by atoms with E-state index < -0.39 is 23.7 Å². The SMILES string of the molecule is CN(C)c1ncc(-c2cc(C(F)(F)F)ccc2Oc2ccc(-c3nc(N[C@H]4CCNC4=O)cc(C(N)=O)n3)cc2)cn1. The third-order valence-corrected chi connectivity index (χ3v) is 6.35. The van der Waals surface area contributed by atoms with Crippen molar-refractivity contribution in [1.82, 2.24) is 25.3 Å². The summed E-state index contributed by atoms with van der Waals surface area (Å²) in [5, 5.41) is 5.71. The summed E-state index contributed by atoms with van der Waals surface area (Å²) in [4.78, 5) is 42.6. The first-order valence-electron chi connectivity index (χ1n) is 12.7. The molecule has 4 N–H and O–H groups in total.